The van der Waals surface area contributed by atoms with Crippen LogP contribution in [0.5, 0.6) is 0 Å². The molecule has 1 aromatic carbocycles. The van der Waals surface area contributed by atoms with Crippen molar-refractivity contribution in [2.75, 3.05) is 7.05 Å². The number of nitrogens with zero attached hydrogens (tertiary/aromatic N) is 1. The monoisotopic (exact) mass is 313 g/mol. The molecule has 18 heavy (non-hydrogen) atoms. The minimum atomic E-state index is -0.111. The molecule has 0 amide bonds. The molecule has 1 saturated carbocycles. The SMILES string of the molecule is CC1CCCCC1N(C)Cc1ccc(Br)cc1F. The number of benzene rings is 1. The molecule has 0 radical (unpaired) electrons. The fourth-order valence-electron chi connectivity index (χ4n) is 2.99. The van der Waals surface area contributed by atoms with Crippen LogP contribution >= 0.6 is 15.9 Å². The van der Waals surface area contributed by atoms with E-state index in [1.807, 2.05) is 12.1 Å². The Morgan fingerprint density at radius 1 is 1.33 bits per heavy atom. The second kappa shape index (κ2) is 6.16. The molecule has 2 atom stereocenters. The van der Waals surface area contributed by atoms with Crippen LogP contribution in [0.4, 0.5) is 4.39 Å². The van der Waals surface area contributed by atoms with Crippen molar-refractivity contribution >= 4 is 15.9 Å². The first-order valence-corrected chi connectivity index (χ1v) is 7.51. The van der Waals surface area contributed by atoms with Crippen LogP contribution in [0.2, 0.25) is 0 Å². The Bertz CT molecular complexity index is 407. The quantitative estimate of drug-likeness (QED) is 0.788. The molecule has 1 aliphatic rings. The molecule has 0 spiro atoms. The van der Waals surface area contributed by atoms with E-state index in [9.17, 15) is 4.39 Å². The molecular formula is C15H21BrFN. The van der Waals surface area contributed by atoms with Crippen LogP contribution < -0.4 is 0 Å². The van der Waals surface area contributed by atoms with Gasteiger partial charge in [0, 0.05) is 22.6 Å². The molecule has 0 bridgehead atoms. The molecule has 1 fully saturated rings. The highest BCUT2D eigenvalue weighted by molar-refractivity contribution is 9.10. The predicted molar refractivity (Wildman–Crippen MR) is 77.0 cm³/mol. The van der Waals surface area contributed by atoms with Crippen molar-refractivity contribution in [3.8, 4) is 0 Å². The van der Waals surface area contributed by atoms with Crippen molar-refractivity contribution in [3.63, 3.8) is 0 Å². The first-order chi connectivity index (χ1) is 8.58. The molecule has 0 aromatic heterocycles. The van der Waals surface area contributed by atoms with Gasteiger partial charge < -0.3 is 0 Å². The molecule has 3 heteroatoms. The minimum absolute atomic E-state index is 0.111. The third kappa shape index (κ3) is 3.33. The lowest BCUT2D eigenvalue weighted by molar-refractivity contribution is 0.132. The van der Waals surface area contributed by atoms with Crippen molar-refractivity contribution in [3.05, 3.63) is 34.1 Å². The zero-order valence-corrected chi connectivity index (χ0v) is 12.7. The number of hydrogen-bond acceptors (Lipinski definition) is 1. The maximum absolute atomic E-state index is 13.8. The zero-order chi connectivity index (χ0) is 13.1. The van der Waals surface area contributed by atoms with Gasteiger partial charge in [0.1, 0.15) is 5.82 Å². The van der Waals surface area contributed by atoms with Crippen molar-refractivity contribution in [1.29, 1.82) is 0 Å². The van der Waals surface area contributed by atoms with E-state index in [0.717, 1.165) is 16.0 Å². The van der Waals surface area contributed by atoms with Crippen molar-refractivity contribution in [2.24, 2.45) is 5.92 Å². The summed E-state index contributed by atoms with van der Waals surface area (Å²) in [7, 11) is 2.12. The Kier molecular flexibility index (Phi) is 4.79. The lowest BCUT2D eigenvalue weighted by Crippen LogP contribution is -2.38. The lowest BCUT2D eigenvalue weighted by Gasteiger charge is -2.36. The summed E-state index contributed by atoms with van der Waals surface area (Å²) in [5, 5.41) is 0. The van der Waals surface area contributed by atoms with Gasteiger partial charge in [0.25, 0.3) is 0 Å². The van der Waals surface area contributed by atoms with E-state index in [0.29, 0.717) is 12.6 Å². The minimum Gasteiger partial charge on any atom is -0.299 e. The molecule has 1 nitrogen and oxygen atoms in total. The van der Waals surface area contributed by atoms with E-state index >= 15 is 0 Å². The second-order valence-electron chi connectivity index (χ2n) is 5.48. The fraction of sp³-hybridized carbons (Fsp3) is 0.600. The summed E-state index contributed by atoms with van der Waals surface area (Å²) in [5.41, 5.74) is 0.790. The van der Waals surface area contributed by atoms with Crippen LogP contribution in [0.15, 0.2) is 22.7 Å². The van der Waals surface area contributed by atoms with Crippen molar-refractivity contribution < 1.29 is 4.39 Å². The van der Waals surface area contributed by atoms with Crippen LogP contribution in [-0.2, 0) is 6.54 Å². The van der Waals surface area contributed by atoms with E-state index in [-0.39, 0.29) is 5.82 Å². The molecule has 2 rings (SSSR count). The second-order valence-corrected chi connectivity index (χ2v) is 6.40. The van der Waals surface area contributed by atoms with Gasteiger partial charge in [-0.25, -0.2) is 4.39 Å². The predicted octanol–water partition coefficient (Wildman–Crippen LogP) is 4.60. The zero-order valence-electron chi connectivity index (χ0n) is 11.1. The molecule has 1 aliphatic carbocycles. The maximum Gasteiger partial charge on any atom is 0.128 e. The van der Waals surface area contributed by atoms with E-state index in [1.165, 1.54) is 25.7 Å². The van der Waals surface area contributed by atoms with Gasteiger partial charge in [-0.1, -0.05) is 41.8 Å². The van der Waals surface area contributed by atoms with Gasteiger partial charge in [0.2, 0.25) is 0 Å². The third-order valence-corrected chi connectivity index (χ3v) is 4.56. The summed E-state index contributed by atoms with van der Waals surface area (Å²) in [4.78, 5) is 2.32. The maximum atomic E-state index is 13.8. The molecule has 100 valence electrons. The van der Waals surface area contributed by atoms with Gasteiger partial charge >= 0.3 is 0 Å². The first-order valence-electron chi connectivity index (χ1n) is 6.72. The van der Waals surface area contributed by atoms with Crippen LogP contribution in [0, 0.1) is 11.7 Å². The van der Waals surface area contributed by atoms with Gasteiger partial charge in [-0.3, -0.25) is 4.90 Å². The third-order valence-electron chi connectivity index (χ3n) is 4.07. The summed E-state index contributed by atoms with van der Waals surface area (Å²) in [6.45, 7) is 3.02. The van der Waals surface area contributed by atoms with E-state index in [2.05, 4.69) is 34.8 Å². The Balaban J connectivity index is 2.03. The highest BCUT2D eigenvalue weighted by atomic mass is 79.9. The lowest BCUT2D eigenvalue weighted by atomic mass is 9.85. The Morgan fingerprint density at radius 2 is 2.06 bits per heavy atom. The van der Waals surface area contributed by atoms with Gasteiger partial charge in [-0.05, 0) is 37.9 Å². The number of hydrogen-bond donors (Lipinski definition) is 0. The summed E-state index contributed by atoms with van der Waals surface area (Å²) < 4.78 is 14.6. The van der Waals surface area contributed by atoms with Crippen molar-refractivity contribution in [1.82, 2.24) is 4.90 Å². The summed E-state index contributed by atoms with van der Waals surface area (Å²) in [6.07, 6.45) is 5.20. The largest absolute Gasteiger partial charge is 0.299 e. The highest BCUT2D eigenvalue weighted by Crippen LogP contribution is 2.28. The van der Waals surface area contributed by atoms with Gasteiger partial charge in [-0.2, -0.15) is 0 Å². The number of halogens is 2. The molecule has 0 N–H and O–H groups in total. The average molecular weight is 314 g/mol. The molecule has 1 aromatic rings. The molecule has 0 heterocycles. The molecule has 0 aliphatic heterocycles. The van der Waals surface area contributed by atoms with Crippen LogP contribution in [0.1, 0.15) is 38.2 Å². The molecule has 2 unspecified atom stereocenters. The van der Waals surface area contributed by atoms with Gasteiger partial charge in [0.15, 0.2) is 0 Å². The molecular weight excluding hydrogens is 293 g/mol. The highest BCUT2D eigenvalue weighted by Gasteiger charge is 2.25. The van der Waals surface area contributed by atoms with Crippen molar-refractivity contribution in [2.45, 2.75) is 45.2 Å². The smallest absolute Gasteiger partial charge is 0.128 e. The van der Waals surface area contributed by atoms with Gasteiger partial charge in [-0.15, -0.1) is 0 Å². The van der Waals surface area contributed by atoms with E-state index in [1.54, 1.807) is 6.07 Å². The standard InChI is InChI=1S/C15H21BrFN/c1-11-5-3-4-6-15(11)18(2)10-12-7-8-13(16)9-14(12)17/h7-9,11,15H,3-6,10H2,1-2H3. The Labute approximate surface area is 118 Å². The molecule has 0 saturated heterocycles. The first kappa shape index (κ1) is 14.0. The summed E-state index contributed by atoms with van der Waals surface area (Å²) in [6, 6.07) is 5.94. The van der Waals surface area contributed by atoms with E-state index < -0.39 is 0 Å². The van der Waals surface area contributed by atoms with Gasteiger partial charge in [0.05, 0.1) is 0 Å². The Hall–Kier alpha value is -0.410. The topological polar surface area (TPSA) is 3.24 Å². The van der Waals surface area contributed by atoms with E-state index in [4.69, 9.17) is 0 Å². The summed E-state index contributed by atoms with van der Waals surface area (Å²) in [5.74, 6) is 0.613. The Morgan fingerprint density at radius 3 is 2.72 bits per heavy atom. The van der Waals surface area contributed by atoms with Crippen LogP contribution in [0.25, 0.3) is 0 Å². The average Bonchev–Trinajstić information content (AvgIpc) is 2.33. The fourth-order valence-corrected chi connectivity index (χ4v) is 3.32. The summed E-state index contributed by atoms with van der Waals surface area (Å²) >= 11 is 3.30. The van der Waals surface area contributed by atoms with Crippen LogP contribution in [-0.4, -0.2) is 18.0 Å². The number of rotatable bonds is 3. The normalized spacial score (nSPS) is 24.5. The van der Waals surface area contributed by atoms with Crippen LogP contribution in [0.3, 0.4) is 0 Å².